The van der Waals surface area contributed by atoms with Crippen molar-refractivity contribution in [1.29, 1.82) is 0 Å². The molecule has 100 valence electrons. The monoisotopic (exact) mass is 246 g/mol. The maximum atomic E-state index is 11.9. The van der Waals surface area contributed by atoms with Gasteiger partial charge >= 0.3 is 0 Å². The molecule has 0 aliphatic rings. The molecule has 0 saturated heterocycles. The van der Waals surface area contributed by atoms with Crippen LogP contribution in [-0.4, -0.2) is 5.78 Å². The molecule has 0 unspecified atom stereocenters. The van der Waals surface area contributed by atoms with Gasteiger partial charge < -0.3 is 0 Å². The van der Waals surface area contributed by atoms with Crippen molar-refractivity contribution in [2.75, 3.05) is 0 Å². The van der Waals surface area contributed by atoms with E-state index in [4.69, 9.17) is 0 Å². The van der Waals surface area contributed by atoms with Gasteiger partial charge in [-0.2, -0.15) is 0 Å². The molecule has 0 aliphatic heterocycles. The molecule has 1 nitrogen and oxygen atoms in total. The standard InChI is InChI=1S/C17H26O/c1-3-5-6-7-8-9-10-17(18)16-13-11-15(4-2)12-14-16/h11-14H,3-10H2,1-2H3. The molecule has 18 heavy (non-hydrogen) atoms. The lowest BCUT2D eigenvalue weighted by atomic mass is 10.0. The van der Waals surface area contributed by atoms with Crippen LogP contribution in [0, 0.1) is 0 Å². The van der Waals surface area contributed by atoms with Crippen molar-refractivity contribution >= 4 is 5.78 Å². The van der Waals surface area contributed by atoms with Gasteiger partial charge in [-0.25, -0.2) is 0 Å². The molecule has 0 heterocycles. The largest absolute Gasteiger partial charge is 0.294 e. The van der Waals surface area contributed by atoms with E-state index in [0.717, 1.165) is 18.4 Å². The summed E-state index contributed by atoms with van der Waals surface area (Å²) in [4.78, 5) is 11.9. The molecule has 0 aromatic heterocycles. The summed E-state index contributed by atoms with van der Waals surface area (Å²) in [6, 6.07) is 8.07. The average Bonchev–Trinajstić information content (AvgIpc) is 2.42. The molecule has 0 fully saturated rings. The lowest BCUT2D eigenvalue weighted by Gasteiger charge is -2.03. The van der Waals surface area contributed by atoms with Crippen LogP contribution in [0.1, 0.15) is 74.7 Å². The summed E-state index contributed by atoms with van der Waals surface area (Å²) in [6.45, 7) is 4.36. The molecule has 1 aromatic carbocycles. The van der Waals surface area contributed by atoms with Crippen LogP contribution in [0.4, 0.5) is 0 Å². The normalized spacial score (nSPS) is 10.6. The Morgan fingerprint density at radius 2 is 1.50 bits per heavy atom. The Kier molecular flexibility index (Phi) is 7.40. The smallest absolute Gasteiger partial charge is 0.162 e. The van der Waals surface area contributed by atoms with Gasteiger partial charge in [-0.1, -0.05) is 70.2 Å². The first-order valence-electron chi connectivity index (χ1n) is 7.40. The number of unbranched alkanes of at least 4 members (excludes halogenated alkanes) is 5. The summed E-state index contributed by atoms with van der Waals surface area (Å²) >= 11 is 0. The third-order valence-electron chi connectivity index (χ3n) is 3.44. The van der Waals surface area contributed by atoms with Crippen molar-refractivity contribution < 1.29 is 4.79 Å². The highest BCUT2D eigenvalue weighted by atomic mass is 16.1. The van der Waals surface area contributed by atoms with Crippen molar-refractivity contribution in [3.63, 3.8) is 0 Å². The number of Topliss-reactive ketones (excluding diaryl/α,β-unsaturated/α-hetero) is 1. The van der Waals surface area contributed by atoms with E-state index in [0.29, 0.717) is 12.2 Å². The predicted octanol–water partition coefficient (Wildman–Crippen LogP) is 5.18. The number of carbonyl (C=O) groups excluding carboxylic acids is 1. The summed E-state index contributed by atoms with van der Waals surface area (Å²) in [7, 11) is 0. The van der Waals surface area contributed by atoms with Gasteiger partial charge in [0, 0.05) is 12.0 Å². The van der Waals surface area contributed by atoms with E-state index in [1.54, 1.807) is 0 Å². The zero-order valence-electron chi connectivity index (χ0n) is 11.9. The molecule has 0 atom stereocenters. The molecule has 0 spiro atoms. The van der Waals surface area contributed by atoms with Crippen LogP contribution in [0.3, 0.4) is 0 Å². The first kappa shape index (κ1) is 14.9. The number of ketones is 1. The zero-order chi connectivity index (χ0) is 13.2. The quantitative estimate of drug-likeness (QED) is 0.433. The van der Waals surface area contributed by atoms with E-state index in [9.17, 15) is 4.79 Å². The second-order valence-corrected chi connectivity index (χ2v) is 4.99. The van der Waals surface area contributed by atoms with E-state index >= 15 is 0 Å². The summed E-state index contributed by atoms with van der Waals surface area (Å²) in [6.07, 6.45) is 9.17. The van der Waals surface area contributed by atoms with Gasteiger partial charge in [-0.3, -0.25) is 4.79 Å². The van der Waals surface area contributed by atoms with Crippen LogP contribution in [-0.2, 0) is 6.42 Å². The van der Waals surface area contributed by atoms with Crippen LogP contribution in [0.5, 0.6) is 0 Å². The fourth-order valence-corrected chi connectivity index (χ4v) is 2.14. The SMILES string of the molecule is CCCCCCCCC(=O)c1ccc(CC)cc1. The molecular formula is C17H26O. The third-order valence-corrected chi connectivity index (χ3v) is 3.44. The lowest BCUT2D eigenvalue weighted by molar-refractivity contribution is 0.0979. The second-order valence-electron chi connectivity index (χ2n) is 4.99. The topological polar surface area (TPSA) is 17.1 Å². The molecule has 0 amide bonds. The first-order chi connectivity index (χ1) is 8.77. The predicted molar refractivity (Wildman–Crippen MR) is 78.1 cm³/mol. The highest BCUT2D eigenvalue weighted by Crippen LogP contribution is 2.12. The van der Waals surface area contributed by atoms with Crippen molar-refractivity contribution in [1.82, 2.24) is 0 Å². The molecule has 0 saturated carbocycles. The summed E-state index contributed by atoms with van der Waals surface area (Å²) < 4.78 is 0. The van der Waals surface area contributed by atoms with Gasteiger partial charge in [-0.15, -0.1) is 0 Å². The fourth-order valence-electron chi connectivity index (χ4n) is 2.14. The van der Waals surface area contributed by atoms with E-state index in [1.165, 1.54) is 37.7 Å². The highest BCUT2D eigenvalue weighted by molar-refractivity contribution is 5.96. The first-order valence-corrected chi connectivity index (χ1v) is 7.40. The van der Waals surface area contributed by atoms with Gasteiger partial charge in [-0.05, 0) is 18.4 Å². The van der Waals surface area contributed by atoms with E-state index in [2.05, 4.69) is 26.0 Å². The Labute approximate surface area is 112 Å². The number of hydrogen-bond donors (Lipinski definition) is 0. The molecular weight excluding hydrogens is 220 g/mol. The van der Waals surface area contributed by atoms with Crippen LogP contribution in [0.2, 0.25) is 0 Å². The van der Waals surface area contributed by atoms with Crippen molar-refractivity contribution in [3.05, 3.63) is 35.4 Å². The fraction of sp³-hybridized carbons (Fsp3) is 0.588. The molecule has 1 rings (SSSR count). The summed E-state index contributed by atoms with van der Waals surface area (Å²) in [5, 5.41) is 0. The minimum Gasteiger partial charge on any atom is -0.294 e. The Bertz CT molecular complexity index is 337. The minimum atomic E-state index is 0.299. The molecule has 0 bridgehead atoms. The Morgan fingerprint density at radius 1 is 0.889 bits per heavy atom. The zero-order valence-corrected chi connectivity index (χ0v) is 11.9. The van der Waals surface area contributed by atoms with Crippen molar-refractivity contribution in [3.8, 4) is 0 Å². The maximum absolute atomic E-state index is 11.9. The highest BCUT2D eigenvalue weighted by Gasteiger charge is 2.04. The van der Waals surface area contributed by atoms with Gasteiger partial charge in [0.25, 0.3) is 0 Å². The molecule has 0 aliphatic carbocycles. The molecule has 0 radical (unpaired) electrons. The Balaban J connectivity index is 2.23. The summed E-state index contributed by atoms with van der Waals surface area (Å²) in [5.74, 6) is 0.299. The second kappa shape index (κ2) is 8.91. The van der Waals surface area contributed by atoms with E-state index in [1.807, 2.05) is 12.1 Å². The number of rotatable bonds is 9. The van der Waals surface area contributed by atoms with E-state index < -0.39 is 0 Å². The Hall–Kier alpha value is -1.11. The van der Waals surface area contributed by atoms with Crippen LogP contribution in [0.25, 0.3) is 0 Å². The Morgan fingerprint density at radius 3 is 2.11 bits per heavy atom. The van der Waals surface area contributed by atoms with Gasteiger partial charge in [0.1, 0.15) is 0 Å². The third kappa shape index (κ3) is 5.48. The number of hydrogen-bond acceptors (Lipinski definition) is 1. The minimum absolute atomic E-state index is 0.299. The van der Waals surface area contributed by atoms with Crippen molar-refractivity contribution in [2.45, 2.75) is 65.2 Å². The average molecular weight is 246 g/mol. The van der Waals surface area contributed by atoms with Crippen LogP contribution >= 0.6 is 0 Å². The maximum Gasteiger partial charge on any atom is 0.162 e. The van der Waals surface area contributed by atoms with Crippen molar-refractivity contribution in [2.24, 2.45) is 0 Å². The lowest BCUT2D eigenvalue weighted by Crippen LogP contribution is -1.99. The van der Waals surface area contributed by atoms with Crippen LogP contribution in [0.15, 0.2) is 24.3 Å². The number of aryl methyl sites for hydroxylation is 1. The molecule has 0 N–H and O–H groups in total. The van der Waals surface area contributed by atoms with E-state index in [-0.39, 0.29) is 0 Å². The van der Waals surface area contributed by atoms with Gasteiger partial charge in [0.05, 0.1) is 0 Å². The van der Waals surface area contributed by atoms with Crippen LogP contribution < -0.4 is 0 Å². The van der Waals surface area contributed by atoms with Gasteiger partial charge in [0.15, 0.2) is 5.78 Å². The number of benzene rings is 1. The molecule has 1 aromatic rings. The number of carbonyl (C=O) groups is 1. The molecule has 1 heteroatoms. The van der Waals surface area contributed by atoms with Gasteiger partial charge in [0.2, 0.25) is 0 Å². The summed E-state index contributed by atoms with van der Waals surface area (Å²) in [5.41, 5.74) is 2.17.